The molecule has 0 radical (unpaired) electrons. The maximum atomic E-state index is 14.7. The number of benzene rings is 2. The third-order valence-corrected chi connectivity index (χ3v) is 11.8. The minimum atomic E-state index is -4.25. The first-order valence-corrected chi connectivity index (χ1v) is 19.4. The van der Waals surface area contributed by atoms with E-state index in [0.29, 0.717) is 28.1 Å². The summed E-state index contributed by atoms with van der Waals surface area (Å²) in [5.74, 6) is -1.87. The Labute approximate surface area is 321 Å². The minimum absolute atomic E-state index is 0.0961. The molecular formula is C39H50N6O9S. The number of carbonyl (C=O) groups excluding carboxylic acids is 4. The summed E-state index contributed by atoms with van der Waals surface area (Å²) in [6.07, 6.45) is 0.0117. The highest BCUT2D eigenvalue weighted by Crippen LogP contribution is 2.45. The van der Waals surface area contributed by atoms with E-state index in [-0.39, 0.29) is 19.3 Å². The van der Waals surface area contributed by atoms with Crippen LogP contribution in [0.5, 0.6) is 11.5 Å². The van der Waals surface area contributed by atoms with Gasteiger partial charge in [0.1, 0.15) is 29.1 Å². The molecule has 55 heavy (non-hydrogen) atoms. The van der Waals surface area contributed by atoms with E-state index in [9.17, 15) is 27.6 Å². The number of fused-ring (bicyclic) bond motifs is 1. The van der Waals surface area contributed by atoms with Crippen LogP contribution in [0.3, 0.4) is 0 Å². The molecule has 2 unspecified atom stereocenters. The molecule has 2 aliphatic rings. The predicted molar refractivity (Wildman–Crippen MR) is 206 cm³/mol. The van der Waals surface area contributed by atoms with Crippen LogP contribution < -0.4 is 24.8 Å². The van der Waals surface area contributed by atoms with Crippen LogP contribution in [0.4, 0.5) is 4.79 Å². The van der Waals surface area contributed by atoms with Gasteiger partial charge in [-0.25, -0.2) is 14.5 Å². The number of rotatable bonds is 13. The van der Waals surface area contributed by atoms with Crippen molar-refractivity contribution in [2.24, 2.45) is 11.3 Å². The van der Waals surface area contributed by atoms with Gasteiger partial charge in [0.25, 0.3) is 5.91 Å². The molecule has 1 aliphatic heterocycles. The van der Waals surface area contributed by atoms with Gasteiger partial charge in [-0.3, -0.25) is 19.3 Å². The van der Waals surface area contributed by atoms with Crippen LogP contribution in [-0.4, -0.2) is 97.6 Å². The number of hydrogen-bond donors (Lipinski definition) is 3. The Bertz CT molecular complexity index is 2070. The molecule has 16 heteroatoms. The van der Waals surface area contributed by atoms with Gasteiger partial charge in [-0.05, 0) is 44.2 Å². The van der Waals surface area contributed by atoms with Crippen LogP contribution in [0.2, 0.25) is 0 Å². The van der Waals surface area contributed by atoms with Gasteiger partial charge in [0, 0.05) is 48.5 Å². The molecule has 1 saturated heterocycles. The lowest BCUT2D eigenvalue weighted by Gasteiger charge is -2.37. The Balaban J connectivity index is 1.55. The molecule has 2 heterocycles. The average molecular weight is 779 g/mol. The summed E-state index contributed by atoms with van der Waals surface area (Å²) in [5.41, 5.74) is -0.513. The van der Waals surface area contributed by atoms with Gasteiger partial charge in [0.15, 0.2) is 6.23 Å². The molecule has 1 saturated carbocycles. The van der Waals surface area contributed by atoms with Crippen molar-refractivity contribution in [2.75, 3.05) is 21.3 Å². The lowest BCUT2D eigenvalue weighted by molar-refractivity contribution is -0.149. The quantitative estimate of drug-likeness (QED) is 0.213. The van der Waals surface area contributed by atoms with Crippen LogP contribution in [0.15, 0.2) is 67.3 Å². The normalized spacial score (nSPS) is 21.5. The highest BCUT2D eigenvalue weighted by atomic mass is 32.2. The Morgan fingerprint density at radius 2 is 1.75 bits per heavy atom. The average Bonchev–Trinajstić information content (AvgIpc) is 3.71. The van der Waals surface area contributed by atoms with Gasteiger partial charge in [-0.2, -0.15) is 12.7 Å². The number of carbonyl (C=O) groups is 4. The number of pyridine rings is 1. The number of nitrogens with one attached hydrogen (secondary N) is 3. The largest absolute Gasteiger partial charge is 0.497 e. The van der Waals surface area contributed by atoms with Gasteiger partial charge in [-0.1, -0.05) is 57.2 Å². The molecule has 3 aromatic rings. The van der Waals surface area contributed by atoms with E-state index in [1.54, 1.807) is 66.0 Å². The molecule has 15 nitrogen and oxygen atoms in total. The summed E-state index contributed by atoms with van der Waals surface area (Å²) in [6, 6.07) is 13.8. The number of methoxy groups -OCH3 is 2. The molecule has 1 aromatic heterocycles. The Kier molecular flexibility index (Phi) is 11.8. The van der Waals surface area contributed by atoms with E-state index in [1.807, 2.05) is 30.3 Å². The van der Waals surface area contributed by atoms with E-state index >= 15 is 0 Å². The van der Waals surface area contributed by atoms with Crippen molar-refractivity contribution in [1.29, 1.82) is 0 Å². The Hall–Kier alpha value is -5.22. The SMILES string of the molecule is C=CC1CC1(NC(=O)[C@@H]1CC[C@@H](Oc2cc(-c3ccccc3)nc3cc(OC)ccc23)N1C(=O)[C@H](NC(=O)OC)C(C)(C)C)C(=O)NS(=O)(=O)N(C)C(C)C. The smallest absolute Gasteiger partial charge is 0.407 e. The lowest BCUT2D eigenvalue weighted by atomic mass is 9.85. The summed E-state index contributed by atoms with van der Waals surface area (Å²) >= 11 is 0. The van der Waals surface area contributed by atoms with Gasteiger partial charge in [0.2, 0.25) is 11.8 Å². The highest BCUT2D eigenvalue weighted by Gasteiger charge is 2.62. The number of aromatic nitrogens is 1. The number of likely N-dealkylation sites (tertiary alicyclic amines) is 1. The van der Waals surface area contributed by atoms with Crippen LogP contribution in [0.25, 0.3) is 22.2 Å². The van der Waals surface area contributed by atoms with Crippen LogP contribution in [0.1, 0.15) is 53.9 Å². The van der Waals surface area contributed by atoms with E-state index in [1.165, 1.54) is 25.1 Å². The molecule has 3 N–H and O–H groups in total. The topological polar surface area (TPSA) is 186 Å². The molecule has 1 aliphatic carbocycles. The van der Waals surface area contributed by atoms with Crippen LogP contribution in [0, 0.1) is 11.3 Å². The predicted octanol–water partition coefficient (Wildman–Crippen LogP) is 4.14. The summed E-state index contributed by atoms with van der Waals surface area (Å²) in [6.45, 7) is 12.4. The molecule has 4 amide bonds. The molecule has 5 rings (SSSR count). The minimum Gasteiger partial charge on any atom is -0.497 e. The number of ether oxygens (including phenoxy) is 3. The first-order valence-electron chi connectivity index (χ1n) is 18.0. The standard InChI is InChI=1S/C39H50N6O9S/c1-10-25-22-39(25,36(48)43-55(50,51)44(7)23(2)3)42-34(46)30-18-19-32(45(30)35(47)33(38(4,5)6)41-37(49)53-9)54-31-21-28(24-14-12-11-13-15-24)40-29-20-26(52-8)16-17-27(29)31/h10-17,20-21,23,25,30,32-33H,1,18-19,22H2,2-9H3,(H,41,49)(H,42,46)(H,43,48)/t25?,30-,32+,33-,39?/m0/s1. The van der Waals surface area contributed by atoms with Gasteiger partial charge in [-0.15, -0.1) is 6.58 Å². The Morgan fingerprint density at radius 3 is 2.33 bits per heavy atom. The van der Waals surface area contributed by atoms with Gasteiger partial charge >= 0.3 is 16.3 Å². The first-order chi connectivity index (χ1) is 25.9. The molecule has 0 spiro atoms. The van der Waals surface area contributed by atoms with Crippen molar-refractivity contribution in [3.05, 3.63) is 67.3 Å². The fourth-order valence-electron chi connectivity index (χ4n) is 6.62. The van der Waals surface area contributed by atoms with E-state index in [0.717, 1.165) is 9.87 Å². The summed E-state index contributed by atoms with van der Waals surface area (Å²) < 4.78 is 46.1. The Morgan fingerprint density at radius 1 is 1.05 bits per heavy atom. The zero-order valence-corrected chi connectivity index (χ0v) is 33.2. The van der Waals surface area contributed by atoms with Crippen molar-refractivity contribution in [2.45, 2.75) is 83.8 Å². The molecule has 2 fully saturated rings. The van der Waals surface area contributed by atoms with Crippen molar-refractivity contribution in [3.8, 4) is 22.8 Å². The second-order valence-electron chi connectivity index (χ2n) is 15.2. The second kappa shape index (κ2) is 15.9. The summed E-state index contributed by atoms with van der Waals surface area (Å²) in [5, 5.41) is 6.03. The van der Waals surface area contributed by atoms with Gasteiger partial charge < -0.3 is 24.8 Å². The zero-order valence-electron chi connectivity index (χ0n) is 32.4. The van der Waals surface area contributed by atoms with E-state index in [4.69, 9.17) is 19.2 Å². The van der Waals surface area contributed by atoms with Crippen molar-refractivity contribution in [3.63, 3.8) is 0 Å². The van der Waals surface area contributed by atoms with Gasteiger partial charge in [0.05, 0.1) is 25.4 Å². The van der Waals surface area contributed by atoms with Crippen LogP contribution in [-0.2, 0) is 29.3 Å². The molecular weight excluding hydrogens is 729 g/mol. The van der Waals surface area contributed by atoms with Crippen LogP contribution >= 0.6 is 0 Å². The third-order valence-electron chi connectivity index (χ3n) is 10.1. The van der Waals surface area contributed by atoms with E-state index in [2.05, 4.69) is 21.9 Å². The number of alkyl carbamates (subject to hydrolysis) is 1. The van der Waals surface area contributed by atoms with Crippen molar-refractivity contribution >= 4 is 44.9 Å². The summed E-state index contributed by atoms with van der Waals surface area (Å²) in [7, 11) is -0.174. The van der Waals surface area contributed by atoms with E-state index < -0.39 is 75.2 Å². The maximum absolute atomic E-state index is 14.7. The number of amides is 4. The number of nitrogens with zero attached hydrogens (tertiary/aromatic N) is 3. The zero-order chi connectivity index (χ0) is 40.5. The van der Waals surface area contributed by atoms with Crippen molar-refractivity contribution < 1.29 is 41.8 Å². The van der Waals surface area contributed by atoms with Crippen molar-refractivity contribution in [1.82, 2.24) is 29.5 Å². The monoisotopic (exact) mass is 778 g/mol. The fourth-order valence-corrected chi connectivity index (χ4v) is 7.74. The molecule has 5 atom stereocenters. The lowest BCUT2D eigenvalue weighted by Crippen LogP contribution is -2.62. The third kappa shape index (κ3) is 8.54. The number of hydrogen-bond acceptors (Lipinski definition) is 10. The molecule has 296 valence electrons. The second-order valence-corrected chi connectivity index (χ2v) is 16.9. The fraction of sp³-hybridized carbons (Fsp3) is 0.462. The first kappa shape index (κ1) is 41.0. The maximum Gasteiger partial charge on any atom is 0.407 e. The highest BCUT2D eigenvalue weighted by molar-refractivity contribution is 7.87. The summed E-state index contributed by atoms with van der Waals surface area (Å²) in [4.78, 5) is 61.5. The molecule has 2 aromatic carbocycles. The molecule has 0 bridgehead atoms.